The van der Waals surface area contributed by atoms with E-state index in [-0.39, 0.29) is 5.22 Å². The van der Waals surface area contributed by atoms with E-state index < -0.39 is 8.56 Å². The number of benzene rings is 1. The molecule has 2 rings (SSSR count). The maximum atomic E-state index is 6.20. The largest absolute Gasteiger partial charge is 0.396 e. The van der Waals surface area contributed by atoms with Crippen LogP contribution in [-0.4, -0.2) is 41.7 Å². The van der Waals surface area contributed by atoms with Crippen molar-refractivity contribution < 1.29 is 13.6 Å². The quantitative estimate of drug-likeness (QED) is 0.784. The molecule has 1 aliphatic heterocycles. The molecule has 2 unspecified atom stereocenters. The Morgan fingerprint density at radius 1 is 1.18 bits per heavy atom. The van der Waals surface area contributed by atoms with Gasteiger partial charge in [-0.3, -0.25) is 0 Å². The second kappa shape index (κ2) is 7.70. The number of hydrogen-bond acceptors (Lipinski definition) is 4. The second-order valence-electron chi connectivity index (χ2n) is 6.00. The number of ether oxygens (including phenoxy) is 1. The summed E-state index contributed by atoms with van der Waals surface area (Å²) in [5.74, 6) is 0.297. The number of rotatable bonds is 7. The van der Waals surface area contributed by atoms with E-state index in [0.717, 1.165) is 31.7 Å². The van der Waals surface area contributed by atoms with E-state index in [1.165, 1.54) is 5.56 Å². The summed E-state index contributed by atoms with van der Waals surface area (Å²) in [6, 6.07) is 11.6. The molecule has 2 N–H and O–H groups in total. The maximum Gasteiger partial charge on any atom is 0.371 e. The third kappa shape index (κ3) is 2.88. The van der Waals surface area contributed by atoms with Gasteiger partial charge in [0.1, 0.15) is 5.22 Å². The van der Waals surface area contributed by atoms with Gasteiger partial charge < -0.3 is 19.3 Å². The van der Waals surface area contributed by atoms with Gasteiger partial charge in [-0.2, -0.15) is 0 Å². The molecule has 1 saturated heterocycles. The van der Waals surface area contributed by atoms with Crippen molar-refractivity contribution in [3.63, 3.8) is 0 Å². The monoisotopic (exact) mass is 323 g/mol. The Kier molecular flexibility index (Phi) is 6.17. The predicted molar refractivity (Wildman–Crippen MR) is 91.0 cm³/mol. The summed E-state index contributed by atoms with van der Waals surface area (Å²) in [5.41, 5.74) is 7.11. The first-order valence-corrected chi connectivity index (χ1v) is 10.1. The topological polar surface area (TPSA) is 53.7 Å². The molecule has 124 valence electrons. The van der Waals surface area contributed by atoms with Gasteiger partial charge in [0, 0.05) is 27.2 Å². The van der Waals surface area contributed by atoms with Crippen LogP contribution in [0.15, 0.2) is 30.3 Å². The normalized spacial score (nSPS) is 27.7. The van der Waals surface area contributed by atoms with Crippen molar-refractivity contribution in [2.24, 2.45) is 5.73 Å². The third-order valence-corrected chi connectivity index (χ3v) is 9.61. The van der Waals surface area contributed by atoms with Crippen molar-refractivity contribution in [2.45, 2.75) is 42.9 Å². The summed E-state index contributed by atoms with van der Waals surface area (Å²) in [5, 5.41) is -0.379. The molecule has 0 amide bonds. The smallest absolute Gasteiger partial charge is 0.371 e. The first-order chi connectivity index (χ1) is 10.7. The lowest BCUT2D eigenvalue weighted by Gasteiger charge is -2.52. The SMILES string of the molecule is COC1(CCCN)C(c2ccccc2)CCC[Si]1(OC)OC. The van der Waals surface area contributed by atoms with Crippen LogP contribution in [0.5, 0.6) is 0 Å². The molecule has 1 fully saturated rings. The second-order valence-corrected chi connectivity index (χ2v) is 9.67. The highest BCUT2D eigenvalue weighted by Crippen LogP contribution is 2.50. The van der Waals surface area contributed by atoms with Gasteiger partial charge in [-0.05, 0) is 37.4 Å². The lowest BCUT2D eigenvalue weighted by Crippen LogP contribution is -2.67. The average molecular weight is 324 g/mol. The molecule has 1 aromatic rings. The number of methoxy groups -OCH3 is 1. The first kappa shape index (κ1) is 17.6. The van der Waals surface area contributed by atoms with Crippen molar-refractivity contribution >= 4 is 8.56 Å². The van der Waals surface area contributed by atoms with Crippen LogP contribution >= 0.6 is 0 Å². The first-order valence-electron chi connectivity index (χ1n) is 8.10. The van der Waals surface area contributed by atoms with Crippen LogP contribution < -0.4 is 5.73 Å². The molecule has 1 heterocycles. The highest BCUT2D eigenvalue weighted by molar-refractivity contribution is 6.71. The van der Waals surface area contributed by atoms with Crippen LogP contribution in [0.25, 0.3) is 0 Å². The summed E-state index contributed by atoms with van der Waals surface area (Å²) < 4.78 is 18.3. The van der Waals surface area contributed by atoms with Crippen molar-refractivity contribution in [2.75, 3.05) is 27.9 Å². The zero-order chi connectivity index (χ0) is 16.1. The fourth-order valence-corrected chi connectivity index (χ4v) is 8.20. The molecule has 0 saturated carbocycles. The van der Waals surface area contributed by atoms with Crippen molar-refractivity contribution in [3.8, 4) is 0 Å². The minimum absolute atomic E-state index is 0.297. The summed E-state index contributed by atoms with van der Waals surface area (Å²) in [6.07, 6.45) is 4.01. The average Bonchev–Trinajstić information content (AvgIpc) is 2.60. The lowest BCUT2D eigenvalue weighted by molar-refractivity contribution is -0.0306. The molecular formula is C17H29NO3Si. The zero-order valence-corrected chi connectivity index (χ0v) is 15.0. The van der Waals surface area contributed by atoms with Gasteiger partial charge in [0.05, 0.1) is 0 Å². The third-order valence-electron chi connectivity index (χ3n) is 5.18. The summed E-state index contributed by atoms with van der Waals surface area (Å²) in [6.45, 7) is 0.657. The predicted octanol–water partition coefficient (Wildman–Crippen LogP) is 2.96. The molecule has 5 heteroatoms. The van der Waals surface area contributed by atoms with Crippen LogP contribution in [-0.2, 0) is 13.6 Å². The van der Waals surface area contributed by atoms with Crippen LogP contribution in [0.2, 0.25) is 6.04 Å². The van der Waals surface area contributed by atoms with Gasteiger partial charge in [0.2, 0.25) is 0 Å². The highest BCUT2D eigenvalue weighted by atomic mass is 28.4. The molecule has 1 aromatic carbocycles. The molecule has 0 spiro atoms. The molecule has 2 atom stereocenters. The summed E-state index contributed by atoms with van der Waals surface area (Å²) in [4.78, 5) is 0. The molecule has 22 heavy (non-hydrogen) atoms. The van der Waals surface area contributed by atoms with Crippen molar-refractivity contribution in [1.29, 1.82) is 0 Å². The fraction of sp³-hybridized carbons (Fsp3) is 0.647. The van der Waals surface area contributed by atoms with E-state index in [2.05, 4.69) is 30.3 Å². The maximum absolute atomic E-state index is 6.20. The highest BCUT2D eigenvalue weighted by Gasteiger charge is 2.63. The fourth-order valence-electron chi connectivity index (χ4n) is 4.13. The van der Waals surface area contributed by atoms with Gasteiger partial charge in [0.25, 0.3) is 0 Å². The van der Waals surface area contributed by atoms with Gasteiger partial charge in [-0.1, -0.05) is 36.8 Å². The molecule has 0 aliphatic carbocycles. The van der Waals surface area contributed by atoms with Crippen molar-refractivity contribution in [3.05, 3.63) is 35.9 Å². The summed E-state index contributed by atoms with van der Waals surface area (Å²) in [7, 11) is 2.89. The Morgan fingerprint density at radius 3 is 2.41 bits per heavy atom. The zero-order valence-electron chi connectivity index (χ0n) is 14.0. The Balaban J connectivity index is 2.49. The Bertz CT molecular complexity index is 452. The van der Waals surface area contributed by atoms with E-state index >= 15 is 0 Å². The van der Waals surface area contributed by atoms with Gasteiger partial charge in [0.15, 0.2) is 0 Å². The van der Waals surface area contributed by atoms with E-state index in [9.17, 15) is 0 Å². The number of hydrogen-bond donors (Lipinski definition) is 1. The Morgan fingerprint density at radius 2 is 1.86 bits per heavy atom. The molecule has 0 bridgehead atoms. The minimum atomic E-state index is -2.47. The van der Waals surface area contributed by atoms with E-state index in [0.29, 0.717) is 12.5 Å². The standard InChI is InChI=1S/C17H29NO3Si/c1-19-17(12-8-13-18)16(15-9-5-4-6-10-15)11-7-14-22(17,20-2)21-3/h4-6,9-10,16H,7-8,11-14,18H2,1-3H3. The van der Waals surface area contributed by atoms with Crippen LogP contribution in [0.4, 0.5) is 0 Å². The van der Waals surface area contributed by atoms with Crippen LogP contribution in [0.3, 0.4) is 0 Å². The van der Waals surface area contributed by atoms with Gasteiger partial charge in [-0.15, -0.1) is 0 Å². The molecule has 1 aliphatic rings. The van der Waals surface area contributed by atoms with Crippen molar-refractivity contribution in [1.82, 2.24) is 0 Å². The molecule has 4 nitrogen and oxygen atoms in total. The molecular weight excluding hydrogens is 294 g/mol. The van der Waals surface area contributed by atoms with E-state index in [1.807, 2.05) is 0 Å². The molecule has 0 aromatic heterocycles. The Labute approximate surface area is 135 Å². The van der Waals surface area contributed by atoms with Gasteiger partial charge in [-0.25, -0.2) is 0 Å². The summed E-state index contributed by atoms with van der Waals surface area (Å²) >= 11 is 0. The van der Waals surface area contributed by atoms with E-state index in [4.69, 9.17) is 19.3 Å². The minimum Gasteiger partial charge on any atom is -0.396 e. The lowest BCUT2D eigenvalue weighted by atomic mass is 9.85. The van der Waals surface area contributed by atoms with Crippen LogP contribution in [0, 0.1) is 0 Å². The van der Waals surface area contributed by atoms with E-state index in [1.54, 1.807) is 21.3 Å². The Hall–Kier alpha value is -0.723. The van der Waals surface area contributed by atoms with Crippen LogP contribution in [0.1, 0.15) is 37.2 Å². The molecule has 0 radical (unpaired) electrons. The number of nitrogens with two attached hydrogens (primary N) is 1. The van der Waals surface area contributed by atoms with Gasteiger partial charge >= 0.3 is 8.56 Å².